The van der Waals surface area contributed by atoms with Crippen LogP contribution in [0.15, 0.2) is 39.9 Å². The van der Waals surface area contributed by atoms with Gasteiger partial charge in [0.1, 0.15) is 11.5 Å². The standard InChI is InChI=1S/C20H26N4O2/c1-14-19(15(2)26-23-14)13-22-20(21-3)24-10-8-16(9-11-24)17-6-5-7-18(12-17)25-4/h5-8,12H,9-11,13H2,1-4H3,(H,21,22). The van der Waals surface area contributed by atoms with E-state index >= 15 is 0 Å². The van der Waals surface area contributed by atoms with Gasteiger partial charge in [-0.3, -0.25) is 4.99 Å². The van der Waals surface area contributed by atoms with E-state index in [2.05, 4.69) is 38.6 Å². The molecule has 6 nitrogen and oxygen atoms in total. The Morgan fingerprint density at radius 3 is 2.85 bits per heavy atom. The SMILES string of the molecule is CN=C(NCc1c(C)noc1C)N1CC=C(c2cccc(OC)c2)CC1. The number of nitrogens with one attached hydrogen (secondary N) is 1. The molecule has 1 aromatic heterocycles. The van der Waals surface area contributed by atoms with Crippen LogP contribution in [0.5, 0.6) is 5.75 Å². The highest BCUT2D eigenvalue weighted by Gasteiger charge is 2.17. The monoisotopic (exact) mass is 354 g/mol. The molecule has 138 valence electrons. The molecule has 0 saturated heterocycles. The summed E-state index contributed by atoms with van der Waals surface area (Å²) >= 11 is 0. The van der Waals surface area contributed by atoms with Crippen molar-refractivity contribution in [2.45, 2.75) is 26.8 Å². The third kappa shape index (κ3) is 3.90. The number of ether oxygens (including phenoxy) is 1. The molecule has 0 saturated carbocycles. The quantitative estimate of drug-likeness (QED) is 0.675. The average molecular weight is 354 g/mol. The molecule has 0 bridgehead atoms. The van der Waals surface area contributed by atoms with Gasteiger partial charge in [0.15, 0.2) is 5.96 Å². The van der Waals surface area contributed by atoms with Crippen LogP contribution in [0, 0.1) is 13.8 Å². The molecule has 1 aliphatic heterocycles. The second-order valence-electron chi connectivity index (χ2n) is 6.36. The first kappa shape index (κ1) is 18.0. The molecule has 0 radical (unpaired) electrons. The Morgan fingerprint density at radius 1 is 1.38 bits per heavy atom. The molecule has 26 heavy (non-hydrogen) atoms. The zero-order valence-electron chi connectivity index (χ0n) is 15.9. The molecule has 0 amide bonds. The van der Waals surface area contributed by atoms with Crippen LogP contribution < -0.4 is 10.1 Å². The summed E-state index contributed by atoms with van der Waals surface area (Å²) in [4.78, 5) is 6.68. The van der Waals surface area contributed by atoms with Gasteiger partial charge in [0.25, 0.3) is 0 Å². The molecule has 0 fully saturated rings. The molecule has 3 rings (SSSR count). The van der Waals surface area contributed by atoms with Gasteiger partial charge >= 0.3 is 0 Å². The van der Waals surface area contributed by atoms with Crippen molar-refractivity contribution in [1.29, 1.82) is 0 Å². The lowest BCUT2D eigenvalue weighted by molar-refractivity contribution is 0.392. The van der Waals surface area contributed by atoms with Crippen molar-refractivity contribution in [2.24, 2.45) is 4.99 Å². The predicted octanol–water partition coefficient (Wildman–Crippen LogP) is 3.16. The molecular formula is C20H26N4O2. The van der Waals surface area contributed by atoms with Gasteiger partial charge in [-0.05, 0) is 43.5 Å². The van der Waals surface area contributed by atoms with Crippen LogP contribution in [0.4, 0.5) is 0 Å². The van der Waals surface area contributed by atoms with Crippen molar-refractivity contribution >= 4 is 11.5 Å². The lowest BCUT2D eigenvalue weighted by atomic mass is 9.99. The van der Waals surface area contributed by atoms with Crippen molar-refractivity contribution in [2.75, 3.05) is 27.2 Å². The zero-order valence-corrected chi connectivity index (χ0v) is 15.9. The zero-order chi connectivity index (χ0) is 18.5. The van der Waals surface area contributed by atoms with Crippen molar-refractivity contribution in [1.82, 2.24) is 15.4 Å². The highest BCUT2D eigenvalue weighted by atomic mass is 16.5. The average Bonchev–Trinajstić information content (AvgIpc) is 3.01. The van der Waals surface area contributed by atoms with Crippen LogP contribution in [-0.4, -0.2) is 43.3 Å². The Morgan fingerprint density at radius 2 is 2.23 bits per heavy atom. The van der Waals surface area contributed by atoms with E-state index in [4.69, 9.17) is 9.26 Å². The number of aromatic nitrogens is 1. The van der Waals surface area contributed by atoms with Gasteiger partial charge < -0.3 is 19.5 Å². The number of rotatable bonds is 4. The molecule has 1 N–H and O–H groups in total. The number of nitrogens with zero attached hydrogens (tertiary/aromatic N) is 3. The maximum absolute atomic E-state index is 5.33. The Hall–Kier alpha value is -2.76. The van der Waals surface area contributed by atoms with Gasteiger partial charge in [0, 0.05) is 32.2 Å². The number of benzene rings is 1. The second-order valence-corrected chi connectivity index (χ2v) is 6.36. The van der Waals surface area contributed by atoms with Crippen molar-refractivity contribution in [3.05, 3.63) is 52.9 Å². The van der Waals surface area contributed by atoms with Crippen molar-refractivity contribution < 1.29 is 9.26 Å². The van der Waals surface area contributed by atoms with Gasteiger partial charge in [0.05, 0.1) is 12.8 Å². The Bertz CT molecular complexity index is 803. The van der Waals surface area contributed by atoms with E-state index in [1.165, 1.54) is 11.1 Å². The van der Waals surface area contributed by atoms with Gasteiger partial charge in [-0.1, -0.05) is 23.4 Å². The third-order valence-electron chi connectivity index (χ3n) is 4.77. The first-order valence-electron chi connectivity index (χ1n) is 8.83. The number of methoxy groups -OCH3 is 1. The number of hydrogen-bond donors (Lipinski definition) is 1. The molecule has 0 unspecified atom stereocenters. The summed E-state index contributed by atoms with van der Waals surface area (Å²) in [5, 5.41) is 7.42. The Kier molecular flexibility index (Phi) is 5.61. The summed E-state index contributed by atoms with van der Waals surface area (Å²) in [5.41, 5.74) is 4.59. The fourth-order valence-electron chi connectivity index (χ4n) is 3.20. The highest BCUT2D eigenvalue weighted by molar-refractivity contribution is 5.81. The molecule has 0 atom stereocenters. The first-order valence-corrected chi connectivity index (χ1v) is 8.83. The second kappa shape index (κ2) is 8.08. The van der Waals surface area contributed by atoms with Crippen LogP contribution in [0.3, 0.4) is 0 Å². The van der Waals surface area contributed by atoms with Crippen LogP contribution in [-0.2, 0) is 6.54 Å². The van der Waals surface area contributed by atoms with E-state index in [1.807, 2.05) is 33.0 Å². The summed E-state index contributed by atoms with van der Waals surface area (Å²) in [7, 11) is 3.52. The molecule has 0 aliphatic carbocycles. The Labute approximate surface area is 154 Å². The maximum Gasteiger partial charge on any atom is 0.194 e. The van der Waals surface area contributed by atoms with Gasteiger partial charge in [0.2, 0.25) is 0 Å². The largest absolute Gasteiger partial charge is 0.497 e. The van der Waals surface area contributed by atoms with Gasteiger partial charge in [-0.15, -0.1) is 0 Å². The van der Waals surface area contributed by atoms with Crippen LogP contribution in [0.2, 0.25) is 0 Å². The number of aliphatic imine (C=N–C) groups is 1. The van der Waals surface area contributed by atoms with E-state index in [0.717, 1.165) is 48.2 Å². The highest BCUT2D eigenvalue weighted by Crippen LogP contribution is 2.25. The molecule has 6 heteroatoms. The lowest BCUT2D eigenvalue weighted by Gasteiger charge is -2.30. The van der Waals surface area contributed by atoms with E-state index in [1.54, 1.807) is 7.11 Å². The minimum absolute atomic E-state index is 0.663. The number of aryl methyl sites for hydroxylation is 2. The van der Waals surface area contributed by atoms with Crippen molar-refractivity contribution in [3.63, 3.8) is 0 Å². The molecule has 2 aromatic rings. The molecule has 1 aromatic carbocycles. The summed E-state index contributed by atoms with van der Waals surface area (Å²) in [6, 6.07) is 8.23. The van der Waals surface area contributed by atoms with E-state index in [-0.39, 0.29) is 0 Å². The predicted molar refractivity (Wildman–Crippen MR) is 103 cm³/mol. The van der Waals surface area contributed by atoms with Crippen LogP contribution in [0.1, 0.15) is 29.0 Å². The Balaban J connectivity index is 1.64. The van der Waals surface area contributed by atoms with Gasteiger partial charge in [-0.25, -0.2) is 0 Å². The number of guanidine groups is 1. The smallest absolute Gasteiger partial charge is 0.194 e. The van der Waals surface area contributed by atoms with Gasteiger partial charge in [-0.2, -0.15) is 0 Å². The minimum atomic E-state index is 0.663. The molecule has 2 heterocycles. The fraction of sp³-hybridized carbons (Fsp3) is 0.400. The molecule has 1 aliphatic rings. The van der Waals surface area contributed by atoms with Crippen LogP contribution in [0.25, 0.3) is 5.57 Å². The van der Waals surface area contributed by atoms with E-state index in [9.17, 15) is 0 Å². The number of hydrogen-bond acceptors (Lipinski definition) is 4. The first-order chi connectivity index (χ1) is 12.6. The van der Waals surface area contributed by atoms with E-state index < -0.39 is 0 Å². The maximum atomic E-state index is 5.33. The summed E-state index contributed by atoms with van der Waals surface area (Å²) in [6.07, 6.45) is 3.24. The third-order valence-corrected chi connectivity index (χ3v) is 4.77. The van der Waals surface area contributed by atoms with E-state index in [0.29, 0.717) is 6.54 Å². The van der Waals surface area contributed by atoms with Crippen molar-refractivity contribution in [3.8, 4) is 5.75 Å². The lowest BCUT2D eigenvalue weighted by Crippen LogP contribution is -2.43. The summed E-state index contributed by atoms with van der Waals surface area (Å²) in [5.74, 6) is 2.64. The minimum Gasteiger partial charge on any atom is -0.497 e. The van der Waals surface area contributed by atoms with Crippen LogP contribution >= 0.6 is 0 Å². The summed E-state index contributed by atoms with van der Waals surface area (Å²) < 4.78 is 10.6. The normalized spacial score (nSPS) is 15.0. The molecule has 0 spiro atoms. The summed E-state index contributed by atoms with van der Waals surface area (Å²) in [6.45, 7) is 6.30. The fourth-order valence-corrected chi connectivity index (χ4v) is 3.20. The topological polar surface area (TPSA) is 62.9 Å². The molecular weight excluding hydrogens is 328 g/mol.